The molecule has 6 heteroatoms. The van der Waals surface area contributed by atoms with Crippen molar-refractivity contribution in [1.82, 2.24) is 10.3 Å². The summed E-state index contributed by atoms with van der Waals surface area (Å²) in [5.74, 6) is 5.95. The number of carbonyl (C=O) groups excluding carboxylic acids is 1. The standard InChI is InChI=1S/C20H16FN3O2/c21-16-6-8-17(9-7-16)24-20(25)23-11-1-2-13-26-18-10-5-15-4-3-12-22-19(15)14-18/h3-10,12,14H,11,13H2,(H2,23,24,25). The van der Waals surface area contributed by atoms with Gasteiger partial charge in [0, 0.05) is 23.3 Å². The van der Waals surface area contributed by atoms with Crippen molar-refractivity contribution in [1.29, 1.82) is 0 Å². The van der Waals surface area contributed by atoms with Crippen LogP contribution in [0.4, 0.5) is 14.9 Å². The zero-order valence-electron chi connectivity index (χ0n) is 13.8. The lowest BCUT2D eigenvalue weighted by atomic mass is 10.2. The highest BCUT2D eigenvalue weighted by molar-refractivity contribution is 5.89. The Morgan fingerprint density at radius 1 is 1.12 bits per heavy atom. The zero-order chi connectivity index (χ0) is 18.2. The number of anilines is 1. The Balaban J connectivity index is 1.40. The van der Waals surface area contributed by atoms with Crippen molar-refractivity contribution < 1.29 is 13.9 Å². The number of benzene rings is 2. The van der Waals surface area contributed by atoms with E-state index in [4.69, 9.17) is 4.74 Å². The largest absolute Gasteiger partial charge is 0.481 e. The van der Waals surface area contributed by atoms with E-state index in [9.17, 15) is 9.18 Å². The van der Waals surface area contributed by atoms with Gasteiger partial charge in [-0.1, -0.05) is 17.9 Å². The SMILES string of the molecule is O=C(NCC#CCOc1ccc2cccnc2c1)Nc1ccc(F)cc1. The molecule has 0 spiro atoms. The van der Waals surface area contributed by atoms with E-state index >= 15 is 0 Å². The normalized spacial score (nSPS) is 9.88. The molecule has 26 heavy (non-hydrogen) atoms. The maximum atomic E-state index is 12.8. The van der Waals surface area contributed by atoms with Crippen LogP contribution in [-0.2, 0) is 0 Å². The number of rotatable bonds is 4. The average Bonchev–Trinajstić information content (AvgIpc) is 2.66. The minimum atomic E-state index is -0.410. The van der Waals surface area contributed by atoms with Crippen LogP contribution in [0.5, 0.6) is 5.75 Å². The fourth-order valence-electron chi connectivity index (χ4n) is 2.20. The molecule has 0 saturated heterocycles. The second-order valence-corrected chi connectivity index (χ2v) is 5.31. The number of aromatic nitrogens is 1. The number of carbonyl (C=O) groups is 1. The number of nitrogens with one attached hydrogen (secondary N) is 2. The van der Waals surface area contributed by atoms with Crippen molar-refractivity contribution in [2.45, 2.75) is 0 Å². The third-order valence-corrected chi connectivity index (χ3v) is 3.45. The Morgan fingerprint density at radius 3 is 2.81 bits per heavy atom. The van der Waals surface area contributed by atoms with E-state index in [1.807, 2.05) is 30.3 Å². The number of halogens is 1. The Hall–Kier alpha value is -3.59. The van der Waals surface area contributed by atoms with Gasteiger partial charge in [0.1, 0.15) is 18.2 Å². The number of amides is 2. The molecule has 0 radical (unpaired) electrons. The van der Waals surface area contributed by atoms with Crippen molar-refractivity contribution in [2.24, 2.45) is 0 Å². The number of urea groups is 1. The highest BCUT2D eigenvalue weighted by atomic mass is 19.1. The maximum absolute atomic E-state index is 12.8. The van der Waals surface area contributed by atoms with E-state index in [2.05, 4.69) is 27.5 Å². The number of hydrogen-bond acceptors (Lipinski definition) is 3. The van der Waals surface area contributed by atoms with Crippen LogP contribution in [-0.4, -0.2) is 24.2 Å². The minimum Gasteiger partial charge on any atom is -0.481 e. The van der Waals surface area contributed by atoms with Crippen molar-refractivity contribution in [3.05, 3.63) is 66.6 Å². The Bertz CT molecular complexity index is 962. The molecule has 0 unspecified atom stereocenters. The quantitative estimate of drug-likeness (QED) is 0.708. The summed E-state index contributed by atoms with van der Waals surface area (Å²) in [6, 6.07) is 14.6. The van der Waals surface area contributed by atoms with Gasteiger partial charge < -0.3 is 15.4 Å². The van der Waals surface area contributed by atoms with E-state index in [-0.39, 0.29) is 19.0 Å². The monoisotopic (exact) mass is 349 g/mol. The Labute approximate surface area is 150 Å². The zero-order valence-corrected chi connectivity index (χ0v) is 13.8. The van der Waals surface area contributed by atoms with Gasteiger partial charge in [0.2, 0.25) is 0 Å². The van der Waals surface area contributed by atoms with E-state index in [1.165, 1.54) is 24.3 Å². The number of pyridine rings is 1. The molecule has 3 rings (SSSR count). The van der Waals surface area contributed by atoms with Gasteiger partial charge in [-0.3, -0.25) is 4.98 Å². The lowest BCUT2D eigenvalue weighted by Gasteiger charge is -2.05. The molecule has 2 amide bonds. The lowest BCUT2D eigenvalue weighted by molar-refractivity contribution is 0.253. The molecule has 130 valence electrons. The van der Waals surface area contributed by atoms with E-state index in [0.717, 1.165) is 10.9 Å². The van der Waals surface area contributed by atoms with Gasteiger partial charge >= 0.3 is 6.03 Å². The molecule has 0 bridgehead atoms. The van der Waals surface area contributed by atoms with Crippen molar-refractivity contribution in [3.63, 3.8) is 0 Å². The third kappa shape index (κ3) is 4.95. The summed E-state index contributed by atoms with van der Waals surface area (Å²) in [4.78, 5) is 15.9. The van der Waals surface area contributed by atoms with Crippen molar-refractivity contribution in [3.8, 4) is 17.6 Å². The molecule has 5 nitrogen and oxygen atoms in total. The van der Waals surface area contributed by atoms with E-state index < -0.39 is 6.03 Å². The molecule has 2 aromatic carbocycles. The summed E-state index contributed by atoms with van der Waals surface area (Å²) < 4.78 is 18.3. The van der Waals surface area contributed by atoms with Crippen LogP contribution in [0, 0.1) is 17.7 Å². The average molecular weight is 349 g/mol. The van der Waals surface area contributed by atoms with Gasteiger partial charge in [0.05, 0.1) is 12.1 Å². The summed E-state index contributed by atoms with van der Waals surface area (Å²) in [5, 5.41) is 6.21. The first kappa shape index (κ1) is 17.2. The summed E-state index contributed by atoms with van der Waals surface area (Å²) >= 11 is 0. The summed E-state index contributed by atoms with van der Waals surface area (Å²) in [6.07, 6.45) is 1.73. The van der Waals surface area contributed by atoms with Crippen molar-refractivity contribution in [2.75, 3.05) is 18.5 Å². The molecular weight excluding hydrogens is 333 g/mol. The number of hydrogen-bond donors (Lipinski definition) is 2. The molecule has 3 aromatic rings. The van der Waals surface area contributed by atoms with Crippen LogP contribution < -0.4 is 15.4 Å². The Morgan fingerprint density at radius 2 is 1.96 bits per heavy atom. The highest BCUT2D eigenvalue weighted by Gasteiger charge is 2.00. The first-order chi connectivity index (χ1) is 12.7. The molecule has 2 N–H and O–H groups in total. The third-order valence-electron chi connectivity index (χ3n) is 3.45. The summed E-state index contributed by atoms with van der Waals surface area (Å²) in [5.41, 5.74) is 1.36. The van der Waals surface area contributed by atoms with Crippen molar-refractivity contribution >= 4 is 22.6 Å². The smallest absolute Gasteiger partial charge is 0.319 e. The predicted octanol–water partition coefficient (Wildman–Crippen LogP) is 3.58. The van der Waals surface area contributed by atoms with Gasteiger partial charge in [-0.2, -0.15) is 0 Å². The van der Waals surface area contributed by atoms with E-state index in [1.54, 1.807) is 6.20 Å². The molecule has 1 aromatic heterocycles. The van der Waals surface area contributed by atoms with Crippen LogP contribution in [0.25, 0.3) is 10.9 Å². The summed E-state index contributed by atoms with van der Waals surface area (Å²) in [6.45, 7) is 0.384. The Kier molecular flexibility index (Phi) is 5.63. The molecular formula is C20H16FN3O2. The molecule has 0 saturated carbocycles. The fourth-order valence-corrected chi connectivity index (χ4v) is 2.20. The van der Waals surface area contributed by atoms with Crippen LogP contribution >= 0.6 is 0 Å². The maximum Gasteiger partial charge on any atom is 0.319 e. The lowest BCUT2D eigenvalue weighted by Crippen LogP contribution is -2.28. The molecule has 0 fully saturated rings. The highest BCUT2D eigenvalue weighted by Crippen LogP contribution is 2.18. The van der Waals surface area contributed by atoms with Crippen LogP contribution in [0.3, 0.4) is 0 Å². The van der Waals surface area contributed by atoms with Crippen LogP contribution in [0.1, 0.15) is 0 Å². The second-order valence-electron chi connectivity index (χ2n) is 5.31. The summed E-state index contributed by atoms with van der Waals surface area (Å²) in [7, 11) is 0. The molecule has 0 aliphatic heterocycles. The van der Waals surface area contributed by atoms with Crippen LogP contribution in [0.15, 0.2) is 60.8 Å². The predicted molar refractivity (Wildman–Crippen MR) is 98.4 cm³/mol. The van der Waals surface area contributed by atoms with Gasteiger partial charge in [0.25, 0.3) is 0 Å². The number of fused-ring (bicyclic) bond motifs is 1. The first-order valence-electron chi connectivity index (χ1n) is 7.94. The van der Waals surface area contributed by atoms with Gasteiger partial charge in [0.15, 0.2) is 0 Å². The van der Waals surface area contributed by atoms with E-state index in [0.29, 0.717) is 11.4 Å². The van der Waals surface area contributed by atoms with Gasteiger partial charge in [-0.15, -0.1) is 0 Å². The van der Waals surface area contributed by atoms with Crippen LogP contribution in [0.2, 0.25) is 0 Å². The minimum absolute atomic E-state index is 0.176. The molecule has 0 aliphatic carbocycles. The number of ether oxygens (including phenoxy) is 1. The van der Waals surface area contributed by atoms with Gasteiger partial charge in [-0.05, 0) is 42.5 Å². The second kappa shape index (κ2) is 8.49. The number of nitrogens with zero attached hydrogens (tertiary/aromatic N) is 1. The first-order valence-corrected chi connectivity index (χ1v) is 7.94. The van der Waals surface area contributed by atoms with Gasteiger partial charge in [-0.25, -0.2) is 9.18 Å². The molecule has 0 atom stereocenters. The fraction of sp³-hybridized carbons (Fsp3) is 0.100. The topological polar surface area (TPSA) is 63.2 Å². The molecule has 0 aliphatic rings. The molecule has 1 heterocycles.